The first-order valence-electron chi connectivity index (χ1n) is 7.52. The van der Waals surface area contributed by atoms with E-state index in [2.05, 4.69) is 30.3 Å². The molecule has 0 saturated carbocycles. The Balaban J connectivity index is 1.88. The highest BCUT2D eigenvalue weighted by molar-refractivity contribution is 5.69. The summed E-state index contributed by atoms with van der Waals surface area (Å²) in [6, 6.07) is 10.7. The van der Waals surface area contributed by atoms with Gasteiger partial charge in [-0.2, -0.15) is 0 Å². The van der Waals surface area contributed by atoms with Crippen LogP contribution in [0.5, 0.6) is 0 Å². The molecular weight excluding hydrogens is 236 g/mol. The van der Waals surface area contributed by atoms with Crippen molar-refractivity contribution >= 4 is 5.97 Å². The van der Waals surface area contributed by atoms with Crippen LogP contribution < -0.4 is 0 Å². The van der Waals surface area contributed by atoms with Crippen molar-refractivity contribution in [1.82, 2.24) is 0 Å². The van der Waals surface area contributed by atoms with Crippen LogP contribution in [0.2, 0.25) is 0 Å². The summed E-state index contributed by atoms with van der Waals surface area (Å²) in [7, 11) is 0. The molecule has 0 bridgehead atoms. The molecule has 0 saturated heterocycles. The zero-order valence-corrected chi connectivity index (χ0v) is 12.1. The topological polar surface area (TPSA) is 26.3 Å². The third kappa shape index (κ3) is 8.41. The predicted molar refractivity (Wildman–Crippen MR) is 79.1 cm³/mol. The summed E-state index contributed by atoms with van der Waals surface area (Å²) in [5, 5.41) is 0. The first-order valence-corrected chi connectivity index (χ1v) is 7.52. The summed E-state index contributed by atoms with van der Waals surface area (Å²) in [4.78, 5) is 11.1. The maximum Gasteiger partial charge on any atom is 0.305 e. The second-order valence-electron chi connectivity index (χ2n) is 4.91. The molecule has 0 amide bonds. The first-order chi connectivity index (χ1) is 9.33. The lowest BCUT2D eigenvalue weighted by atomic mass is 10.0. The summed E-state index contributed by atoms with van der Waals surface area (Å²) < 4.78 is 4.90. The molecule has 0 aliphatic rings. The molecule has 1 aromatic rings. The van der Waals surface area contributed by atoms with E-state index in [4.69, 9.17) is 4.74 Å². The standard InChI is InChI=1S/C17H26O2/c1-2-19-17(18)15-11-6-4-3-5-8-12-16-13-9-7-10-14-16/h7,9-10,13-14H,2-6,8,11-12,15H2,1H3. The zero-order valence-electron chi connectivity index (χ0n) is 12.1. The van der Waals surface area contributed by atoms with Crippen molar-refractivity contribution < 1.29 is 9.53 Å². The first kappa shape index (κ1) is 15.7. The number of benzene rings is 1. The molecule has 0 N–H and O–H groups in total. The van der Waals surface area contributed by atoms with Crippen molar-refractivity contribution in [3.8, 4) is 0 Å². The summed E-state index contributed by atoms with van der Waals surface area (Å²) in [6.07, 6.45) is 8.93. The summed E-state index contributed by atoms with van der Waals surface area (Å²) in [6.45, 7) is 2.35. The fraction of sp³-hybridized carbons (Fsp3) is 0.588. The van der Waals surface area contributed by atoms with Gasteiger partial charge in [0.2, 0.25) is 0 Å². The molecule has 0 radical (unpaired) electrons. The molecule has 0 spiro atoms. The molecule has 0 heterocycles. The molecule has 0 unspecified atom stereocenters. The van der Waals surface area contributed by atoms with Gasteiger partial charge in [-0.3, -0.25) is 4.79 Å². The number of ether oxygens (including phenoxy) is 1. The number of aryl methyl sites for hydroxylation is 1. The molecule has 2 nitrogen and oxygen atoms in total. The van der Waals surface area contributed by atoms with Crippen LogP contribution in [-0.4, -0.2) is 12.6 Å². The Morgan fingerprint density at radius 2 is 1.58 bits per heavy atom. The fourth-order valence-corrected chi connectivity index (χ4v) is 2.18. The molecule has 1 aromatic carbocycles. The van der Waals surface area contributed by atoms with Crippen LogP contribution in [0.4, 0.5) is 0 Å². The Kier molecular flexibility index (Phi) is 8.78. The highest BCUT2D eigenvalue weighted by Crippen LogP contribution is 2.10. The van der Waals surface area contributed by atoms with Gasteiger partial charge < -0.3 is 4.74 Å². The third-order valence-electron chi connectivity index (χ3n) is 3.24. The van der Waals surface area contributed by atoms with Gasteiger partial charge in [0.15, 0.2) is 0 Å². The smallest absolute Gasteiger partial charge is 0.305 e. The Bertz CT molecular complexity index is 332. The SMILES string of the molecule is CCOC(=O)CCCCCCCCc1ccccc1. The number of unbranched alkanes of at least 4 members (excludes halogenated alkanes) is 5. The van der Waals surface area contributed by atoms with Gasteiger partial charge in [-0.15, -0.1) is 0 Å². The Morgan fingerprint density at radius 1 is 0.947 bits per heavy atom. The summed E-state index contributed by atoms with van der Waals surface area (Å²) in [5.74, 6) is -0.0495. The van der Waals surface area contributed by atoms with E-state index in [0.29, 0.717) is 13.0 Å². The van der Waals surface area contributed by atoms with Crippen molar-refractivity contribution in [3.05, 3.63) is 35.9 Å². The molecule has 2 heteroatoms. The summed E-state index contributed by atoms with van der Waals surface area (Å²) >= 11 is 0. The average Bonchev–Trinajstić information content (AvgIpc) is 2.43. The van der Waals surface area contributed by atoms with E-state index >= 15 is 0 Å². The number of carbonyl (C=O) groups excluding carboxylic acids is 1. The van der Waals surface area contributed by atoms with Gasteiger partial charge in [-0.25, -0.2) is 0 Å². The lowest BCUT2D eigenvalue weighted by molar-refractivity contribution is -0.143. The van der Waals surface area contributed by atoms with Crippen LogP contribution in [0.3, 0.4) is 0 Å². The highest BCUT2D eigenvalue weighted by Gasteiger charge is 2.00. The monoisotopic (exact) mass is 262 g/mol. The van der Waals surface area contributed by atoms with Gasteiger partial charge in [0, 0.05) is 6.42 Å². The van der Waals surface area contributed by atoms with E-state index in [9.17, 15) is 4.79 Å². The maximum absolute atomic E-state index is 11.1. The molecule has 0 aliphatic carbocycles. The zero-order chi connectivity index (χ0) is 13.8. The largest absolute Gasteiger partial charge is 0.466 e. The normalized spacial score (nSPS) is 10.4. The van der Waals surface area contributed by atoms with Crippen molar-refractivity contribution in [2.24, 2.45) is 0 Å². The Hall–Kier alpha value is -1.31. The minimum atomic E-state index is -0.0495. The van der Waals surface area contributed by atoms with E-state index in [1.807, 2.05) is 6.92 Å². The van der Waals surface area contributed by atoms with Crippen LogP contribution in [0, 0.1) is 0 Å². The summed E-state index contributed by atoms with van der Waals surface area (Å²) in [5.41, 5.74) is 1.44. The maximum atomic E-state index is 11.1. The van der Waals surface area contributed by atoms with Gasteiger partial charge >= 0.3 is 5.97 Å². The second kappa shape index (κ2) is 10.6. The molecular formula is C17H26O2. The van der Waals surface area contributed by atoms with Crippen molar-refractivity contribution in [1.29, 1.82) is 0 Å². The van der Waals surface area contributed by atoms with Crippen LogP contribution in [0.1, 0.15) is 57.4 Å². The average molecular weight is 262 g/mol. The highest BCUT2D eigenvalue weighted by atomic mass is 16.5. The number of hydrogen-bond donors (Lipinski definition) is 0. The van der Waals surface area contributed by atoms with Crippen molar-refractivity contribution in [2.45, 2.75) is 58.3 Å². The van der Waals surface area contributed by atoms with E-state index < -0.39 is 0 Å². The lowest BCUT2D eigenvalue weighted by Gasteiger charge is -2.03. The minimum Gasteiger partial charge on any atom is -0.466 e. The van der Waals surface area contributed by atoms with Crippen LogP contribution in [0.25, 0.3) is 0 Å². The van der Waals surface area contributed by atoms with Gasteiger partial charge in [0.25, 0.3) is 0 Å². The molecule has 0 aliphatic heterocycles. The van der Waals surface area contributed by atoms with E-state index in [1.54, 1.807) is 0 Å². The van der Waals surface area contributed by atoms with E-state index in [-0.39, 0.29) is 5.97 Å². The fourth-order valence-electron chi connectivity index (χ4n) is 2.18. The van der Waals surface area contributed by atoms with Gasteiger partial charge in [0.05, 0.1) is 6.61 Å². The lowest BCUT2D eigenvalue weighted by Crippen LogP contribution is -2.03. The molecule has 19 heavy (non-hydrogen) atoms. The molecule has 106 valence electrons. The van der Waals surface area contributed by atoms with Gasteiger partial charge in [-0.1, -0.05) is 56.0 Å². The molecule has 1 rings (SSSR count). The van der Waals surface area contributed by atoms with Gasteiger partial charge in [0.1, 0.15) is 0 Å². The van der Waals surface area contributed by atoms with Gasteiger partial charge in [-0.05, 0) is 31.7 Å². The quantitative estimate of drug-likeness (QED) is 0.457. The third-order valence-corrected chi connectivity index (χ3v) is 3.24. The molecule has 0 fully saturated rings. The van der Waals surface area contributed by atoms with Crippen molar-refractivity contribution in [3.63, 3.8) is 0 Å². The Labute approximate surface area is 117 Å². The van der Waals surface area contributed by atoms with Crippen LogP contribution in [-0.2, 0) is 16.0 Å². The number of rotatable bonds is 10. The molecule has 0 atom stereocenters. The minimum absolute atomic E-state index is 0.0495. The number of hydrogen-bond acceptors (Lipinski definition) is 2. The van der Waals surface area contributed by atoms with E-state index in [0.717, 1.165) is 12.8 Å². The number of carbonyl (C=O) groups is 1. The van der Waals surface area contributed by atoms with Crippen LogP contribution in [0.15, 0.2) is 30.3 Å². The predicted octanol–water partition coefficient (Wildman–Crippen LogP) is 4.52. The number of esters is 1. The van der Waals surface area contributed by atoms with Crippen LogP contribution >= 0.6 is 0 Å². The van der Waals surface area contributed by atoms with E-state index in [1.165, 1.54) is 37.7 Å². The second-order valence-corrected chi connectivity index (χ2v) is 4.91. The molecule has 0 aromatic heterocycles. The van der Waals surface area contributed by atoms with Crippen molar-refractivity contribution in [2.75, 3.05) is 6.61 Å². The Morgan fingerprint density at radius 3 is 2.26 bits per heavy atom.